The summed E-state index contributed by atoms with van der Waals surface area (Å²) >= 11 is 4.04. The number of carbonyl (C=O) groups excluding carboxylic acids is 8. The van der Waals surface area contributed by atoms with Crippen LogP contribution in [0.3, 0.4) is 0 Å². The molecule has 1 saturated heterocycles. The molecule has 1 fully saturated rings. The summed E-state index contributed by atoms with van der Waals surface area (Å²) in [5, 5.41) is 35.4. The number of morpholine rings is 1. The van der Waals surface area contributed by atoms with Gasteiger partial charge in [-0.1, -0.05) is 226 Å². The van der Waals surface area contributed by atoms with E-state index in [9.17, 15) is 68.2 Å². The number of allylic oxidation sites excluding steroid dienone is 5. The van der Waals surface area contributed by atoms with Crippen molar-refractivity contribution in [2.45, 2.75) is 290 Å². The highest BCUT2D eigenvalue weighted by Gasteiger charge is 2.39. The van der Waals surface area contributed by atoms with Crippen molar-refractivity contribution in [3.05, 3.63) is 58.7 Å². The smallest absolute Gasteiger partial charge is 0.472 e. The number of phosphoric acid groups is 1. The number of esters is 2. The van der Waals surface area contributed by atoms with Crippen LogP contribution in [-0.2, 0) is 71.0 Å². The summed E-state index contributed by atoms with van der Waals surface area (Å²) < 4.78 is 39.9. The number of ether oxygens (including phenoxy) is 3. The third-order valence-corrected chi connectivity index (χ3v) is 21.5. The number of amides is 4. The summed E-state index contributed by atoms with van der Waals surface area (Å²) in [5.74, 6) is -10.3. The Balaban J connectivity index is 1.49. The second kappa shape index (κ2) is 58.2. The third kappa shape index (κ3) is 43.9. The molecule has 5 N–H and O–H groups in total. The van der Waals surface area contributed by atoms with Crippen molar-refractivity contribution >= 4 is 85.3 Å². The first-order valence-electron chi connectivity index (χ1n) is 41.2. The lowest BCUT2D eigenvalue weighted by atomic mass is 9.74. The van der Waals surface area contributed by atoms with Gasteiger partial charge in [0.05, 0.1) is 32.3 Å². The number of unbranched alkanes of at least 4 members (excludes halogenated alkanes) is 26. The number of likely N-dealkylation sites (N-methyl/N-ethyl adjacent to an activating group) is 1. The van der Waals surface area contributed by atoms with Crippen LogP contribution < -0.4 is 20.9 Å². The largest absolute Gasteiger partial charge is 0.480 e. The number of nitriles is 2. The van der Waals surface area contributed by atoms with Crippen LogP contribution in [0.1, 0.15) is 285 Å². The first-order chi connectivity index (χ1) is 52.9. The molecule has 6 atom stereocenters. The Labute approximate surface area is 662 Å². The Morgan fingerprint density at radius 2 is 1.15 bits per heavy atom. The number of nitrogens with one attached hydrogen (secondary N) is 3. The van der Waals surface area contributed by atoms with Crippen molar-refractivity contribution in [3.63, 3.8) is 0 Å². The molecule has 1 aliphatic heterocycles. The number of anilines is 1. The molecule has 24 nitrogen and oxygen atoms in total. The maximum atomic E-state index is 14.5. The molecular formula is C84H134N7O17PS. The maximum Gasteiger partial charge on any atom is 0.472 e. The SMILES string of the molecule is CCCCCCCCCCCCCCCC(=O)OCC(COP(=O)(O)OCCNC(=O)CCCCCNC(=O)C(C)CC(C(=O)CC(C(=O)CC(S)C(=O)O)C(=O)NCCN(CC)c1ccc(/C=C/C2=CC(=C(C#N)C#N)CC(C)(C)C2)cc1)C(=O)N1CCOCC1)OC(=O)CCCCCCCCCCCCCCC. The molecular weight excluding hydrogens is 1440 g/mol. The predicted octanol–water partition coefficient (Wildman–Crippen LogP) is 15.5. The highest BCUT2D eigenvalue weighted by atomic mass is 32.1. The standard InChI is InChI=1S/C84H134N7O17PS/c1-7-10-12-14-16-18-20-22-24-26-28-30-34-38-78(95)105-63-71(108-79(96)39-35-31-29-27-25-23-21-19-17-15-13-11-8-2)64-107-109(102,103)106-52-48-87-77(94)37-33-32-36-46-88-80(97)65(4)55-73(82(99)91-50-53-104-54-51-91)74(92)57-72(75(93)58-76(110)83(100)101)81(98)89-47-49-90(9-3)70-44-42-66(43-45-70)40-41-67-56-68(69(61-85)62-86)60-84(5,6)59-67/h40-45,56,65,71-73,76,110H,7-39,46-55,57-60,63-64H2,1-6H3,(H,87,94)(H,88,97)(H,89,98)(H,100,101)(H,102,103)/b41-40+. The number of hydrogen-bond donors (Lipinski definition) is 6. The average Bonchev–Trinajstić information content (AvgIpc) is 0.809. The molecule has 1 aromatic rings. The van der Waals surface area contributed by atoms with Gasteiger partial charge in [0.25, 0.3) is 0 Å². The third-order valence-electron chi connectivity index (χ3n) is 20.1. The van der Waals surface area contributed by atoms with E-state index in [4.69, 9.17) is 23.3 Å². The Kier molecular flexibility index (Phi) is 51.5. The molecule has 2 aliphatic rings. The van der Waals surface area contributed by atoms with Crippen molar-refractivity contribution in [3.8, 4) is 12.1 Å². The molecule has 0 radical (unpaired) electrons. The monoisotopic (exact) mass is 1580 g/mol. The van der Waals surface area contributed by atoms with Crippen LogP contribution in [0, 0.1) is 45.8 Å². The second-order valence-corrected chi connectivity index (χ2v) is 32.4. The van der Waals surface area contributed by atoms with E-state index in [-0.39, 0.29) is 102 Å². The van der Waals surface area contributed by atoms with Gasteiger partial charge in [0, 0.05) is 89.5 Å². The lowest BCUT2D eigenvalue weighted by molar-refractivity contribution is -0.161. The number of rotatable bonds is 63. The Morgan fingerprint density at radius 3 is 1.70 bits per heavy atom. The molecule has 6 unspecified atom stereocenters. The van der Waals surface area contributed by atoms with Gasteiger partial charge in [0.2, 0.25) is 23.6 Å². The number of Topliss-reactive ketones (excluding diaryl/α,β-unsaturated/α-hetero) is 2. The van der Waals surface area contributed by atoms with Crippen LogP contribution >= 0.6 is 20.5 Å². The Hall–Kier alpha value is -6.73. The van der Waals surface area contributed by atoms with E-state index in [1.165, 1.54) is 114 Å². The number of ketones is 2. The number of nitrogens with zero attached hydrogens (tertiary/aromatic N) is 4. The molecule has 0 saturated carbocycles. The average molecular weight is 1580 g/mol. The number of hydrogen-bond acceptors (Lipinski definition) is 19. The maximum absolute atomic E-state index is 14.5. The summed E-state index contributed by atoms with van der Waals surface area (Å²) in [6.45, 7) is 12.4. The van der Waals surface area contributed by atoms with Gasteiger partial charge in [-0.2, -0.15) is 23.2 Å². The van der Waals surface area contributed by atoms with Gasteiger partial charge in [0.15, 0.2) is 6.10 Å². The predicted molar refractivity (Wildman–Crippen MR) is 431 cm³/mol. The fourth-order valence-electron chi connectivity index (χ4n) is 13.6. The van der Waals surface area contributed by atoms with Gasteiger partial charge in [-0.3, -0.25) is 52.2 Å². The van der Waals surface area contributed by atoms with Crippen LogP contribution in [0.4, 0.5) is 5.69 Å². The molecule has 1 heterocycles. The molecule has 0 bridgehead atoms. The van der Waals surface area contributed by atoms with Gasteiger partial charge < -0.3 is 50.0 Å². The number of carboxylic acid groups (broad SMARTS) is 1. The molecule has 3 rings (SSSR count). The molecule has 618 valence electrons. The lowest BCUT2D eigenvalue weighted by Crippen LogP contribution is -2.48. The molecule has 4 amide bonds. The zero-order valence-corrected chi connectivity index (χ0v) is 69.1. The summed E-state index contributed by atoms with van der Waals surface area (Å²) in [7, 11) is -4.73. The van der Waals surface area contributed by atoms with Gasteiger partial charge >= 0.3 is 25.7 Å². The molecule has 1 aliphatic carbocycles. The number of thiol groups is 1. The minimum Gasteiger partial charge on any atom is -0.480 e. The highest BCUT2D eigenvalue weighted by Crippen LogP contribution is 2.43. The van der Waals surface area contributed by atoms with E-state index >= 15 is 0 Å². The van der Waals surface area contributed by atoms with Crippen molar-refractivity contribution in [2.24, 2.45) is 23.2 Å². The van der Waals surface area contributed by atoms with Crippen LogP contribution in [0.25, 0.3) is 6.08 Å². The van der Waals surface area contributed by atoms with Crippen molar-refractivity contribution in [2.75, 3.05) is 83.7 Å². The van der Waals surface area contributed by atoms with E-state index in [2.05, 4.69) is 56.3 Å². The topological polar surface area (TPSA) is 347 Å². The van der Waals surface area contributed by atoms with E-state index in [0.717, 1.165) is 68.2 Å². The summed E-state index contributed by atoms with van der Waals surface area (Å²) in [5.41, 5.74) is 3.41. The zero-order valence-electron chi connectivity index (χ0n) is 67.3. The first kappa shape index (κ1) is 97.5. The van der Waals surface area contributed by atoms with E-state index in [1.54, 1.807) is 6.92 Å². The van der Waals surface area contributed by atoms with Crippen LogP contribution in [0.5, 0.6) is 0 Å². The normalized spacial score (nSPS) is 15.3. The van der Waals surface area contributed by atoms with Gasteiger partial charge in [-0.15, -0.1) is 0 Å². The molecule has 0 aromatic heterocycles. The van der Waals surface area contributed by atoms with Crippen LogP contribution in [0.2, 0.25) is 0 Å². The first-order valence-corrected chi connectivity index (χ1v) is 43.3. The quantitative estimate of drug-likeness (QED) is 0.00881. The number of carboxylic acids is 1. The Morgan fingerprint density at radius 1 is 0.636 bits per heavy atom. The fraction of sp³-hybridized carbons (Fsp3) is 0.726. The Bertz CT molecular complexity index is 3140. The van der Waals surface area contributed by atoms with E-state index in [0.29, 0.717) is 50.6 Å². The molecule has 1 aromatic carbocycles. The van der Waals surface area contributed by atoms with Gasteiger partial charge in [-0.25, -0.2) is 4.57 Å². The minimum absolute atomic E-state index is 0.0269. The highest BCUT2D eigenvalue weighted by molar-refractivity contribution is 7.81. The van der Waals surface area contributed by atoms with Gasteiger partial charge in [0.1, 0.15) is 47.1 Å². The summed E-state index contributed by atoms with van der Waals surface area (Å²) in [6.07, 6.45) is 36.3. The fourth-order valence-corrected chi connectivity index (χ4v) is 14.5. The molecule has 0 spiro atoms. The van der Waals surface area contributed by atoms with Crippen molar-refractivity contribution in [1.82, 2.24) is 20.9 Å². The number of phosphoric ester groups is 1. The van der Waals surface area contributed by atoms with Crippen LogP contribution in [-0.4, -0.2) is 158 Å². The number of carbonyl (C=O) groups is 9. The van der Waals surface area contributed by atoms with Crippen molar-refractivity contribution in [1.29, 1.82) is 10.5 Å². The number of benzene rings is 1. The van der Waals surface area contributed by atoms with Crippen molar-refractivity contribution < 1.29 is 81.0 Å². The second-order valence-electron chi connectivity index (χ2n) is 30.4. The van der Waals surface area contributed by atoms with Crippen LogP contribution in [0.15, 0.2) is 53.1 Å². The lowest BCUT2D eigenvalue weighted by Gasteiger charge is -2.31. The molecule has 26 heteroatoms. The van der Waals surface area contributed by atoms with E-state index in [1.807, 2.05) is 66.5 Å². The summed E-state index contributed by atoms with van der Waals surface area (Å²) in [6, 6.07) is 11.7. The number of aliphatic carboxylic acids is 1. The zero-order chi connectivity index (χ0) is 80.8. The summed E-state index contributed by atoms with van der Waals surface area (Å²) in [4.78, 5) is 135. The molecule has 110 heavy (non-hydrogen) atoms. The van der Waals surface area contributed by atoms with E-state index < -0.39 is 110 Å². The minimum atomic E-state index is -4.73. The van der Waals surface area contributed by atoms with Gasteiger partial charge in [-0.05, 0) is 86.1 Å².